The van der Waals surface area contributed by atoms with Crippen molar-refractivity contribution in [2.24, 2.45) is 0 Å². The molecular weight excluding hydrogens is 200 g/mol. The molecule has 4 heteroatoms. The molecule has 2 nitrogen and oxygen atoms in total. The number of ether oxygens (including phenoxy) is 1. The third-order valence-corrected chi connectivity index (χ3v) is 2.62. The van der Waals surface area contributed by atoms with Crippen LogP contribution in [0.3, 0.4) is 0 Å². The van der Waals surface area contributed by atoms with Gasteiger partial charge in [0, 0.05) is 24.2 Å². The van der Waals surface area contributed by atoms with Gasteiger partial charge in [-0.1, -0.05) is 6.07 Å². The Balaban J connectivity index is 2.31. The highest BCUT2D eigenvalue weighted by Gasteiger charge is 2.21. The van der Waals surface area contributed by atoms with Crippen molar-refractivity contribution in [3.8, 4) is 0 Å². The smallest absolute Gasteiger partial charge is 0.134 e. The summed E-state index contributed by atoms with van der Waals surface area (Å²) in [6, 6.07) is 2.74. The van der Waals surface area contributed by atoms with E-state index < -0.39 is 11.6 Å². The molecule has 1 fully saturated rings. The van der Waals surface area contributed by atoms with Crippen LogP contribution in [0, 0.1) is 18.6 Å². The van der Waals surface area contributed by atoms with Crippen LogP contribution in [-0.4, -0.2) is 19.7 Å². The van der Waals surface area contributed by atoms with E-state index in [0.29, 0.717) is 18.7 Å². The molecule has 1 aromatic carbocycles. The normalized spacial score (nSPS) is 21.7. The second-order valence-electron chi connectivity index (χ2n) is 3.64. The second-order valence-corrected chi connectivity index (χ2v) is 3.64. The van der Waals surface area contributed by atoms with Crippen LogP contribution in [0.25, 0.3) is 0 Å². The summed E-state index contributed by atoms with van der Waals surface area (Å²) in [5, 5.41) is 3.11. The Labute approximate surface area is 87.2 Å². The average molecular weight is 213 g/mol. The maximum absolute atomic E-state index is 13.7. The summed E-state index contributed by atoms with van der Waals surface area (Å²) in [4.78, 5) is 0. The Morgan fingerprint density at radius 1 is 1.40 bits per heavy atom. The summed E-state index contributed by atoms with van der Waals surface area (Å²) >= 11 is 0. The molecule has 82 valence electrons. The van der Waals surface area contributed by atoms with E-state index in [1.54, 1.807) is 0 Å². The molecule has 1 N–H and O–H groups in total. The number of rotatable bonds is 1. The van der Waals surface area contributed by atoms with Gasteiger partial charge < -0.3 is 10.1 Å². The SMILES string of the molecule is Cc1c(F)ccc(C2CNCCO2)c1F. The van der Waals surface area contributed by atoms with Crippen LogP contribution in [0.15, 0.2) is 12.1 Å². The zero-order chi connectivity index (χ0) is 10.8. The first kappa shape index (κ1) is 10.5. The fourth-order valence-corrected chi connectivity index (χ4v) is 1.70. The van der Waals surface area contributed by atoms with E-state index in [2.05, 4.69) is 5.32 Å². The van der Waals surface area contributed by atoms with Gasteiger partial charge >= 0.3 is 0 Å². The van der Waals surface area contributed by atoms with E-state index >= 15 is 0 Å². The van der Waals surface area contributed by atoms with Crippen molar-refractivity contribution >= 4 is 0 Å². The summed E-state index contributed by atoms with van der Waals surface area (Å²) in [5.74, 6) is -1.01. The lowest BCUT2D eigenvalue weighted by Gasteiger charge is -2.24. The summed E-state index contributed by atoms with van der Waals surface area (Å²) < 4.78 is 32.1. The molecule has 0 aliphatic carbocycles. The Morgan fingerprint density at radius 2 is 2.20 bits per heavy atom. The van der Waals surface area contributed by atoms with Gasteiger partial charge in [0.25, 0.3) is 0 Å². The number of halogens is 2. The number of morpholine rings is 1. The van der Waals surface area contributed by atoms with E-state index in [4.69, 9.17) is 4.74 Å². The molecule has 1 saturated heterocycles. The van der Waals surface area contributed by atoms with Gasteiger partial charge in [-0.3, -0.25) is 0 Å². The highest BCUT2D eigenvalue weighted by Crippen LogP contribution is 2.25. The molecule has 1 heterocycles. The highest BCUT2D eigenvalue weighted by molar-refractivity contribution is 5.28. The first-order valence-electron chi connectivity index (χ1n) is 4.97. The lowest BCUT2D eigenvalue weighted by Crippen LogP contribution is -2.33. The summed E-state index contributed by atoms with van der Waals surface area (Å²) in [7, 11) is 0. The molecule has 1 aliphatic heterocycles. The fourth-order valence-electron chi connectivity index (χ4n) is 1.70. The zero-order valence-corrected chi connectivity index (χ0v) is 8.52. The quantitative estimate of drug-likeness (QED) is 0.769. The number of nitrogens with one attached hydrogen (secondary N) is 1. The predicted molar refractivity (Wildman–Crippen MR) is 52.7 cm³/mol. The second kappa shape index (κ2) is 4.24. The molecule has 0 aromatic heterocycles. The molecule has 2 rings (SSSR count). The Morgan fingerprint density at radius 3 is 2.87 bits per heavy atom. The van der Waals surface area contributed by atoms with E-state index in [-0.39, 0.29) is 11.7 Å². The summed E-state index contributed by atoms with van der Waals surface area (Å²) in [6.45, 7) is 3.34. The standard InChI is InChI=1S/C11H13F2NO/c1-7-9(12)3-2-8(11(7)13)10-6-14-4-5-15-10/h2-3,10,14H,4-6H2,1H3. The maximum Gasteiger partial charge on any atom is 0.134 e. The Kier molecular flexibility index (Phi) is 2.98. The molecule has 1 aliphatic rings. The van der Waals surface area contributed by atoms with Crippen LogP contribution in [0.5, 0.6) is 0 Å². The molecule has 1 atom stereocenters. The lowest BCUT2D eigenvalue weighted by atomic mass is 10.0. The molecule has 1 unspecified atom stereocenters. The topological polar surface area (TPSA) is 21.3 Å². The van der Waals surface area contributed by atoms with Crippen molar-refractivity contribution in [2.75, 3.05) is 19.7 Å². The average Bonchev–Trinajstić information content (AvgIpc) is 2.27. The van der Waals surface area contributed by atoms with Crippen molar-refractivity contribution in [3.63, 3.8) is 0 Å². The van der Waals surface area contributed by atoms with Gasteiger partial charge in [0.05, 0.1) is 12.7 Å². The van der Waals surface area contributed by atoms with Crippen LogP contribution < -0.4 is 5.32 Å². The molecule has 15 heavy (non-hydrogen) atoms. The third-order valence-electron chi connectivity index (χ3n) is 2.62. The van der Waals surface area contributed by atoms with Crippen molar-refractivity contribution in [1.82, 2.24) is 5.32 Å². The minimum absolute atomic E-state index is 0.0571. The lowest BCUT2D eigenvalue weighted by molar-refractivity contribution is 0.0254. The summed E-state index contributed by atoms with van der Waals surface area (Å²) in [5.41, 5.74) is 0.489. The Hall–Kier alpha value is -1.00. The number of hydrogen-bond acceptors (Lipinski definition) is 2. The van der Waals surface area contributed by atoms with Crippen LogP contribution >= 0.6 is 0 Å². The van der Waals surface area contributed by atoms with Gasteiger partial charge in [0.15, 0.2) is 0 Å². The minimum atomic E-state index is -0.514. The number of benzene rings is 1. The Bertz CT molecular complexity index is 362. The van der Waals surface area contributed by atoms with Gasteiger partial charge in [0.2, 0.25) is 0 Å². The molecule has 0 bridgehead atoms. The maximum atomic E-state index is 13.7. The third kappa shape index (κ3) is 2.01. The zero-order valence-electron chi connectivity index (χ0n) is 8.52. The van der Waals surface area contributed by atoms with Crippen molar-refractivity contribution in [2.45, 2.75) is 13.0 Å². The predicted octanol–water partition coefficient (Wildman–Crippen LogP) is 1.93. The number of hydrogen-bond donors (Lipinski definition) is 1. The van der Waals surface area contributed by atoms with Gasteiger partial charge in [-0.05, 0) is 13.0 Å². The van der Waals surface area contributed by atoms with E-state index in [1.165, 1.54) is 19.1 Å². The largest absolute Gasteiger partial charge is 0.371 e. The molecule has 0 radical (unpaired) electrons. The molecule has 0 spiro atoms. The fraction of sp³-hybridized carbons (Fsp3) is 0.455. The van der Waals surface area contributed by atoms with E-state index in [1.807, 2.05) is 0 Å². The summed E-state index contributed by atoms with van der Waals surface area (Å²) in [6.07, 6.45) is -0.307. The van der Waals surface area contributed by atoms with Crippen molar-refractivity contribution in [1.29, 1.82) is 0 Å². The van der Waals surface area contributed by atoms with Crippen molar-refractivity contribution in [3.05, 3.63) is 34.9 Å². The molecule has 0 saturated carbocycles. The minimum Gasteiger partial charge on any atom is -0.371 e. The molecule has 0 amide bonds. The van der Waals surface area contributed by atoms with Gasteiger partial charge in [-0.25, -0.2) is 8.78 Å². The first-order chi connectivity index (χ1) is 7.20. The van der Waals surface area contributed by atoms with Crippen LogP contribution in [-0.2, 0) is 4.74 Å². The van der Waals surface area contributed by atoms with Gasteiger partial charge in [0.1, 0.15) is 11.6 Å². The van der Waals surface area contributed by atoms with Gasteiger partial charge in [-0.15, -0.1) is 0 Å². The van der Waals surface area contributed by atoms with Crippen LogP contribution in [0.4, 0.5) is 8.78 Å². The first-order valence-corrected chi connectivity index (χ1v) is 4.97. The van der Waals surface area contributed by atoms with Crippen molar-refractivity contribution < 1.29 is 13.5 Å². The van der Waals surface area contributed by atoms with E-state index in [9.17, 15) is 8.78 Å². The molecular formula is C11H13F2NO. The van der Waals surface area contributed by atoms with E-state index in [0.717, 1.165) is 6.54 Å². The monoisotopic (exact) mass is 213 g/mol. The molecule has 1 aromatic rings. The highest BCUT2D eigenvalue weighted by atomic mass is 19.1. The van der Waals surface area contributed by atoms with Crippen LogP contribution in [0.2, 0.25) is 0 Å². The van der Waals surface area contributed by atoms with Gasteiger partial charge in [-0.2, -0.15) is 0 Å². The van der Waals surface area contributed by atoms with Crippen LogP contribution in [0.1, 0.15) is 17.2 Å².